The summed E-state index contributed by atoms with van der Waals surface area (Å²) in [5, 5.41) is 56.5. The van der Waals surface area contributed by atoms with Crippen LogP contribution in [0.1, 0.15) is 53.4 Å². The minimum Gasteiger partial charge on any atom is -0.198 e. The molecule has 0 aromatic rings. The first kappa shape index (κ1) is 24.7. The molecule has 0 saturated carbocycles. The molecule has 0 aliphatic carbocycles. The highest BCUT2D eigenvalue weighted by Crippen LogP contribution is 2.40. The second-order valence-electron chi connectivity index (χ2n) is 7.81. The van der Waals surface area contributed by atoms with Crippen LogP contribution >= 0.6 is 0 Å². The highest BCUT2D eigenvalue weighted by Gasteiger charge is 2.36. The van der Waals surface area contributed by atoms with Crippen molar-refractivity contribution in [2.75, 3.05) is 0 Å². The van der Waals surface area contributed by atoms with E-state index < -0.39 is 34.5 Å². The molecule has 0 heterocycles. The van der Waals surface area contributed by atoms with Gasteiger partial charge in [0.2, 0.25) is 0 Å². The van der Waals surface area contributed by atoms with Gasteiger partial charge in [0.05, 0.1) is 47.2 Å². The molecule has 6 nitrogen and oxygen atoms in total. The summed E-state index contributed by atoms with van der Waals surface area (Å²) in [7, 11) is 0. The van der Waals surface area contributed by atoms with E-state index in [-0.39, 0.29) is 25.7 Å². The smallest absolute Gasteiger partial charge is 0.0778 e. The lowest BCUT2D eigenvalue weighted by Gasteiger charge is -2.29. The first-order chi connectivity index (χ1) is 13.1. The maximum absolute atomic E-state index is 9.88. The van der Waals surface area contributed by atoms with Crippen molar-refractivity contribution in [3.63, 3.8) is 0 Å². The topological polar surface area (TPSA) is 143 Å². The van der Waals surface area contributed by atoms with Gasteiger partial charge in [-0.2, -0.15) is 31.6 Å². The largest absolute Gasteiger partial charge is 0.198 e. The zero-order valence-electron chi connectivity index (χ0n) is 17.0. The third kappa shape index (κ3) is 7.51. The molecule has 4 atom stereocenters. The third-order valence-corrected chi connectivity index (χ3v) is 4.73. The van der Waals surface area contributed by atoms with Crippen LogP contribution < -0.4 is 0 Å². The number of nitrogens with zero attached hydrogens (tertiary/aromatic N) is 6. The maximum atomic E-state index is 9.88. The Morgan fingerprint density at radius 1 is 0.536 bits per heavy atom. The minimum atomic E-state index is -1.07. The van der Waals surface area contributed by atoms with Crippen LogP contribution in [0.5, 0.6) is 0 Å². The van der Waals surface area contributed by atoms with Crippen LogP contribution in [0.2, 0.25) is 0 Å². The summed E-state index contributed by atoms with van der Waals surface area (Å²) in [5.74, 6) is -1.60. The van der Waals surface area contributed by atoms with E-state index in [4.69, 9.17) is 0 Å². The molecule has 6 heteroatoms. The fourth-order valence-electron chi connectivity index (χ4n) is 3.38. The van der Waals surface area contributed by atoms with Crippen molar-refractivity contribution in [1.82, 2.24) is 0 Å². The molecule has 0 N–H and O–H groups in total. The lowest BCUT2D eigenvalue weighted by atomic mass is 9.70. The van der Waals surface area contributed by atoms with Crippen LogP contribution in [0, 0.1) is 102 Å². The van der Waals surface area contributed by atoms with Crippen molar-refractivity contribution in [1.29, 1.82) is 31.6 Å². The average molecular weight is 374 g/mol. The van der Waals surface area contributed by atoms with E-state index in [0.717, 1.165) is 0 Å². The molecule has 0 bridgehead atoms. The Morgan fingerprint density at radius 2 is 0.750 bits per heavy atom. The van der Waals surface area contributed by atoms with Crippen molar-refractivity contribution in [2.24, 2.45) is 34.5 Å². The lowest BCUT2D eigenvalue weighted by molar-refractivity contribution is 0.330. The van der Waals surface area contributed by atoms with Crippen molar-refractivity contribution < 1.29 is 0 Å². The predicted octanol–water partition coefficient (Wildman–Crippen LogP) is 4.76. The SMILES string of the molecule is CC(C#N)CC(C#N)(/C=C/C(C#N)(CC(C)C#N)CC(C)C#N)CC(C)C#N. The van der Waals surface area contributed by atoms with Crippen molar-refractivity contribution in [3.8, 4) is 36.4 Å². The molecule has 0 aromatic heterocycles. The Balaban J connectivity index is 6.21. The van der Waals surface area contributed by atoms with Crippen LogP contribution in [0.25, 0.3) is 0 Å². The molecule has 0 aliphatic rings. The van der Waals surface area contributed by atoms with Crippen LogP contribution in [-0.2, 0) is 0 Å². The van der Waals surface area contributed by atoms with Crippen molar-refractivity contribution >= 4 is 0 Å². The van der Waals surface area contributed by atoms with Gasteiger partial charge in [0.15, 0.2) is 0 Å². The summed E-state index contributed by atoms with van der Waals surface area (Å²) in [5.41, 5.74) is -2.14. The normalized spacial score (nSPS) is 18.9. The highest BCUT2D eigenvalue weighted by molar-refractivity contribution is 5.23. The second kappa shape index (κ2) is 11.4. The fraction of sp³-hybridized carbons (Fsp3) is 0.636. The monoisotopic (exact) mass is 374 g/mol. The van der Waals surface area contributed by atoms with Crippen LogP contribution in [0.15, 0.2) is 12.2 Å². The minimum absolute atomic E-state index is 0.242. The summed E-state index contributed by atoms with van der Waals surface area (Å²) in [6.45, 7) is 6.85. The zero-order chi connectivity index (χ0) is 21.8. The molecule has 4 unspecified atom stereocenters. The van der Waals surface area contributed by atoms with E-state index in [1.807, 2.05) is 0 Å². The number of nitriles is 6. The number of rotatable bonds is 10. The predicted molar refractivity (Wildman–Crippen MR) is 103 cm³/mol. The first-order valence-corrected chi connectivity index (χ1v) is 9.26. The maximum Gasteiger partial charge on any atom is 0.0778 e. The van der Waals surface area contributed by atoms with Gasteiger partial charge in [-0.05, 0) is 53.4 Å². The van der Waals surface area contributed by atoms with E-state index in [1.54, 1.807) is 39.8 Å². The molecule has 0 aliphatic heterocycles. The van der Waals surface area contributed by atoms with E-state index >= 15 is 0 Å². The van der Waals surface area contributed by atoms with Gasteiger partial charge in [-0.1, -0.05) is 12.2 Å². The molecular weight excluding hydrogens is 348 g/mol. The molecule has 0 radical (unpaired) electrons. The van der Waals surface area contributed by atoms with Gasteiger partial charge >= 0.3 is 0 Å². The summed E-state index contributed by atoms with van der Waals surface area (Å²) >= 11 is 0. The Hall–Kier alpha value is -3.32. The Morgan fingerprint density at radius 3 is 0.893 bits per heavy atom. The summed E-state index contributed by atoms with van der Waals surface area (Å²) in [6.07, 6.45) is 4.23. The van der Waals surface area contributed by atoms with Crippen molar-refractivity contribution in [3.05, 3.63) is 12.2 Å². The molecule has 0 spiro atoms. The molecule has 0 saturated heterocycles. The molecule has 0 aromatic carbocycles. The lowest BCUT2D eigenvalue weighted by Crippen LogP contribution is -2.26. The number of hydrogen-bond acceptors (Lipinski definition) is 6. The van der Waals surface area contributed by atoms with Gasteiger partial charge in [0, 0.05) is 23.7 Å². The number of allylic oxidation sites excluding steroid dienone is 2. The van der Waals surface area contributed by atoms with Gasteiger partial charge in [0.1, 0.15) is 0 Å². The highest BCUT2D eigenvalue weighted by atomic mass is 14.4. The van der Waals surface area contributed by atoms with Gasteiger partial charge in [-0.3, -0.25) is 0 Å². The standard InChI is InChI=1S/C22H26N6/c1-17(11-23)7-21(15-27,8-18(2)12-24)5-6-22(16-28,9-19(3)13-25)10-20(4)14-26/h5-6,17-20H,7-10H2,1-4H3/b6-5+. The molecule has 0 fully saturated rings. The van der Waals surface area contributed by atoms with Crippen LogP contribution in [0.4, 0.5) is 0 Å². The van der Waals surface area contributed by atoms with E-state index in [2.05, 4.69) is 36.4 Å². The second-order valence-corrected chi connectivity index (χ2v) is 7.81. The van der Waals surface area contributed by atoms with E-state index in [9.17, 15) is 31.6 Å². The number of hydrogen-bond donors (Lipinski definition) is 0. The average Bonchev–Trinajstić information content (AvgIpc) is 2.70. The van der Waals surface area contributed by atoms with Gasteiger partial charge < -0.3 is 0 Å². The molecule has 144 valence electrons. The van der Waals surface area contributed by atoms with Gasteiger partial charge in [-0.15, -0.1) is 0 Å². The zero-order valence-corrected chi connectivity index (χ0v) is 17.0. The molecular formula is C22H26N6. The summed E-state index contributed by atoms with van der Waals surface area (Å²) in [4.78, 5) is 0. The van der Waals surface area contributed by atoms with Crippen LogP contribution in [-0.4, -0.2) is 0 Å². The summed E-state index contributed by atoms with van der Waals surface area (Å²) < 4.78 is 0. The van der Waals surface area contributed by atoms with E-state index in [1.165, 1.54) is 0 Å². The quantitative estimate of drug-likeness (QED) is 0.504. The Labute approximate surface area is 168 Å². The Bertz CT molecular complexity index is 687. The third-order valence-electron chi connectivity index (χ3n) is 4.73. The van der Waals surface area contributed by atoms with Gasteiger partial charge in [-0.25, -0.2) is 0 Å². The van der Waals surface area contributed by atoms with Crippen LogP contribution in [0.3, 0.4) is 0 Å². The first-order valence-electron chi connectivity index (χ1n) is 9.26. The van der Waals surface area contributed by atoms with E-state index in [0.29, 0.717) is 0 Å². The molecule has 0 amide bonds. The van der Waals surface area contributed by atoms with Crippen molar-refractivity contribution in [2.45, 2.75) is 53.4 Å². The Kier molecular flexibility index (Phi) is 10.1. The summed E-state index contributed by atoms with van der Waals surface area (Å²) in [6, 6.07) is 13.0. The molecule has 28 heavy (non-hydrogen) atoms. The fourth-order valence-corrected chi connectivity index (χ4v) is 3.38. The van der Waals surface area contributed by atoms with Gasteiger partial charge in [0.25, 0.3) is 0 Å². The molecule has 0 rings (SSSR count).